The number of anilines is 1. The van der Waals surface area contributed by atoms with Crippen LogP contribution in [0.3, 0.4) is 0 Å². The number of carbonyl (C=O) groups is 2. The lowest BCUT2D eigenvalue weighted by Gasteiger charge is -2.35. The van der Waals surface area contributed by atoms with Crippen molar-refractivity contribution in [1.82, 2.24) is 10.2 Å². The summed E-state index contributed by atoms with van der Waals surface area (Å²) in [6, 6.07) is 17.5. The van der Waals surface area contributed by atoms with Gasteiger partial charge >= 0.3 is 0 Å². The standard InChI is InChI=1S/C31H37Cl2N3O4S/c1-7-27(30(38)34-31(4,5)6)35(19-23-11-9-8-10-22(23)3)29(37)20-36(28-18-24(32)14-17-26(28)33)41(39,40)25-15-12-21(2)13-16-25/h8-18,27H,7,19-20H2,1-6H3,(H,34,38). The Kier molecular flexibility index (Phi) is 10.5. The van der Waals surface area contributed by atoms with Crippen LogP contribution in [-0.4, -0.2) is 43.3 Å². The number of carbonyl (C=O) groups excluding carboxylic acids is 2. The Hall–Kier alpha value is -3.07. The predicted molar refractivity (Wildman–Crippen MR) is 166 cm³/mol. The van der Waals surface area contributed by atoms with Crippen LogP contribution in [0.2, 0.25) is 10.0 Å². The van der Waals surface area contributed by atoms with Gasteiger partial charge in [-0.1, -0.05) is 72.1 Å². The predicted octanol–water partition coefficient (Wildman–Crippen LogP) is 6.53. The van der Waals surface area contributed by atoms with E-state index < -0.39 is 34.1 Å². The second-order valence-corrected chi connectivity index (χ2v) is 13.7. The van der Waals surface area contributed by atoms with Crippen molar-refractivity contribution in [2.75, 3.05) is 10.8 Å². The fraction of sp³-hybridized carbons (Fsp3) is 0.355. The monoisotopic (exact) mass is 617 g/mol. The van der Waals surface area contributed by atoms with E-state index in [9.17, 15) is 18.0 Å². The topological polar surface area (TPSA) is 86.8 Å². The normalized spacial score (nSPS) is 12.5. The molecule has 0 aliphatic heterocycles. The second kappa shape index (κ2) is 13.3. The molecule has 1 unspecified atom stereocenters. The molecule has 41 heavy (non-hydrogen) atoms. The lowest BCUT2D eigenvalue weighted by Crippen LogP contribution is -2.55. The largest absolute Gasteiger partial charge is 0.350 e. The highest BCUT2D eigenvalue weighted by atomic mass is 35.5. The molecule has 0 saturated heterocycles. The van der Waals surface area contributed by atoms with Gasteiger partial charge in [-0.25, -0.2) is 8.42 Å². The molecular formula is C31H37Cl2N3O4S. The summed E-state index contributed by atoms with van der Waals surface area (Å²) in [7, 11) is -4.26. The average molecular weight is 619 g/mol. The van der Waals surface area contributed by atoms with Crippen LogP contribution >= 0.6 is 23.2 Å². The van der Waals surface area contributed by atoms with Gasteiger partial charge in [0.15, 0.2) is 0 Å². The van der Waals surface area contributed by atoms with Gasteiger partial charge in [-0.2, -0.15) is 0 Å². The molecule has 0 spiro atoms. The molecule has 7 nitrogen and oxygen atoms in total. The molecule has 0 aliphatic rings. The minimum absolute atomic E-state index is 0.00471. The van der Waals surface area contributed by atoms with E-state index in [1.807, 2.05) is 65.8 Å². The van der Waals surface area contributed by atoms with Gasteiger partial charge in [-0.3, -0.25) is 13.9 Å². The van der Waals surface area contributed by atoms with Crippen molar-refractivity contribution in [1.29, 1.82) is 0 Å². The SMILES string of the molecule is CCC(C(=O)NC(C)(C)C)N(Cc1ccccc1C)C(=O)CN(c1cc(Cl)ccc1Cl)S(=O)(=O)c1ccc(C)cc1. The average Bonchev–Trinajstić information content (AvgIpc) is 2.88. The number of nitrogens with zero attached hydrogens (tertiary/aromatic N) is 2. The maximum Gasteiger partial charge on any atom is 0.264 e. The quantitative estimate of drug-likeness (QED) is 0.280. The molecule has 0 saturated carbocycles. The number of sulfonamides is 1. The Labute approximate surface area is 253 Å². The fourth-order valence-corrected chi connectivity index (χ4v) is 6.23. The Bertz CT molecular complexity index is 1500. The van der Waals surface area contributed by atoms with Gasteiger partial charge in [-0.05, 0) is 82.5 Å². The van der Waals surface area contributed by atoms with E-state index >= 15 is 0 Å². The van der Waals surface area contributed by atoms with Crippen molar-refractivity contribution in [3.8, 4) is 0 Å². The highest BCUT2D eigenvalue weighted by molar-refractivity contribution is 7.92. The van der Waals surface area contributed by atoms with Crippen LogP contribution in [0.15, 0.2) is 71.6 Å². The van der Waals surface area contributed by atoms with Crippen molar-refractivity contribution < 1.29 is 18.0 Å². The second-order valence-electron chi connectivity index (χ2n) is 11.0. The molecule has 3 aromatic rings. The number of hydrogen-bond donors (Lipinski definition) is 1. The van der Waals surface area contributed by atoms with Crippen molar-refractivity contribution in [3.05, 3.63) is 93.5 Å². The summed E-state index contributed by atoms with van der Waals surface area (Å²) < 4.78 is 29.0. The van der Waals surface area contributed by atoms with E-state index in [0.717, 1.165) is 21.0 Å². The number of rotatable bonds is 10. The molecule has 0 aliphatic carbocycles. The highest BCUT2D eigenvalue weighted by Gasteiger charge is 2.35. The molecule has 1 N–H and O–H groups in total. The molecule has 0 bridgehead atoms. The summed E-state index contributed by atoms with van der Waals surface area (Å²) >= 11 is 12.7. The summed E-state index contributed by atoms with van der Waals surface area (Å²) in [5.74, 6) is -0.883. The summed E-state index contributed by atoms with van der Waals surface area (Å²) in [6.45, 7) is 10.7. The first-order valence-electron chi connectivity index (χ1n) is 13.3. The van der Waals surface area contributed by atoms with E-state index in [0.29, 0.717) is 6.42 Å². The van der Waals surface area contributed by atoms with Crippen LogP contribution in [0.5, 0.6) is 0 Å². The maximum atomic E-state index is 14.2. The van der Waals surface area contributed by atoms with E-state index in [4.69, 9.17) is 23.2 Å². The third-order valence-corrected chi connectivity index (χ3v) is 8.88. The number of benzene rings is 3. The van der Waals surface area contributed by atoms with Crippen molar-refractivity contribution in [2.45, 2.75) is 71.0 Å². The highest BCUT2D eigenvalue weighted by Crippen LogP contribution is 2.33. The first-order valence-corrected chi connectivity index (χ1v) is 15.5. The Balaban J connectivity index is 2.13. The van der Waals surface area contributed by atoms with Gasteiger partial charge in [0.2, 0.25) is 11.8 Å². The number of hydrogen-bond acceptors (Lipinski definition) is 4. The third kappa shape index (κ3) is 8.24. The molecular weight excluding hydrogens is 581 g/mol. The number of amides is 2. The summed E-state index contributed by atoms with van der Waals surface area (Å²) in [5.41, 5.74) is 2.20. The number of aryl methyl sites for hydroxylation is 2. The van der Waals surface area contributed by atoms with Crippen LogP contribution in [0.25, 0.3) is 0 Å². The molecule has 0 heterocycles. The smallest absolute Gasteiger partial charge is 0.264 e. The van der Waals surface area contributed by atoms with Gasteiger partial charge in [0.1, 0.15) is 12.6 Å². The zero-order valence-corrected chi connectivity index (χ0v) is 26.6. The summed E-state index contributed by atoms with van der Waals surface area (Å²) in [6.07, 6.45) is 0.322. The summed E-state index contributed by atoms with van der Waals surface area (Å²) in [4.78, 5) is 29.1. The molecule has 0 fully saturated rings. The lowest BCUT2D eigenvalue weighted by atomic mass is 10.0. The number of nitrogens with one attached hydrogen (secondary N) is 1. The molecule has 0 radical (unpaired) electrons. The Morgan fingerprint density at radius 1 is 0.951 bits per heavy atom. The first kappa shape index (κ1) is 32.4. The van der Waals surface area contributed by atoms with Gasteiger partial charge in [0, 0.05) is 17.1 Å². The van der Waals surface area contributed by atoms with Crippen molar-refractivity contribution in [2.24, 2.45) is 0 Å². The van der Waals surface area contributed by atoms with E-state index in [-0.39, 0.29) is 33.1 Å². The third-order valence-electron chi connectivity index (χ3n) is 6.55. The Morgan fingerprint density at radius 2 is 1.59 bits per heavy atom. The fourth-order valence-electron chi connectivity index (χ4n) is 4.37. The van der Waals surface area contributed by atoms with Crippen LogP contribution in [-0.2, 0) is 26.2 Å². The molecule has 220 valence electrons. The van der Waals surface area contributed by atoms with Crippen LogP contribution < -0.4 is 9.62 Å². The molecule has 3 rings (SSSR count). The minimum Gasteiger partial charge on any atom is -0.350 e. The van der Waals surface area contributed by atoms with Crippen molar-refractivity contribution in [3.63, 3.8) is 0 Å². The molecule has 1 atom stereocenters. The molecule has 3 aromatic carbocycles. The van der Waals surface area contributed by atoms with Gasteiger partial charge in [0.25, 0.3) is 10.0 Å². The Morgan fingerprint density at radius 3 is 2.17 bits per heavy atom. The van der Waals surface area contributed by atoms with E-state index in [1.54, 1.807) is 18.2 Å². The van der Waals surface area contributed by atoms with E-state index in [1.165, 1.54) is 29.2 Å². The zero-order valence-electron chi connectivity index (χ0n) is 24.2. The van der Waals surface area contributed by atoms with Crippen LogP contribution in [0, 0.1) is 13.8 Å². The van der Waals surface area contributed by atoms with Gasteiger partial charge in [0.05, 0.1) is 15.6 Å². The van der Waals surface area contributed by atoms with Crippen LogP contribution in [0.1, 0.15) is 50.8 Å². The summed E-state index contributed by atoms with van der Waals surface area (Å²) in [5, 5.41) is 3.34. The van der Waals surface area contributed by atoms with E-state index in [2.05, 4.69) is 5.32 Å². The minimum atomic E-state index is -4.26. The lowest BCUT2D eigenvalue weighted by molar-refractivity contribution is -0.141. The zero-order chi connectivity index (χ0) is 30.5. The maximum absolute atomic E-state index is 14.2. The molecule has 0 aromatic heterocycles. The molecule has 2 amide bonds. The number of halogens is 2. The van der Waals surface area contributed by atoms with Crippen LogP contribution in [0.4, 0.5) is 5.69 Å². The first-order chi connectivity index (χ1) is 19.1. The van der Waals surface area contributed by atoms with Gasteiger partial charge in [-0.15, -0.1) is 0 Å². The van der Waals surface area contributed by atoms with Crippen molar-refractivity contribution >= 4 is 50.7 Å². The van der Waals surface area contributed by atoms with Gasteiger partial charge < -0.3 is 10.2 Å². The molecule has 10 heteroatoms.